The van der Waals surface area contributed by atoms with Crippen LogP contribution in [0.15, 0.2) is 77.3 Å². The lowest BCUT2D eigenvalue weighted by Crippen LogP contribution is -2.42. The van der Waals surface area contributed by atoms with E-state index in [9.17, 15) is 28.8 Å². The number of nitrogens with zero attached hydrogens (tertiary/aromatic N) is 2. The van der Waals surface area contributed by atoms with E-state index >= 15 is 0 Å². The van der Waals surface area contributed by atoms with Crippen LogP contribution in [0.25, 0.3) is 11.4 Å². The van der Waals surface area contributed by atoms with Gasteiger partial charge in [-0.3, -0.25) is 19.9 Å². The molecule has 0 unspecified atom stereocenters. The highest BCUT2D eigenvalue weighted by Gasteiger charge is 2.06. The summed E-state index contributed by atoms with van der Waals surface area (Å²) >= 11 is 0. The van der Waals surface area contributed by atoms with Gasteiger partial charge in [0.25, 0.3) is 0 Å². The first kappa shape index (κ1) is 20.1. The molecule has 158 valence electrons. The van der Waals surface area contributed by atoms with Crippen LogP contribution in [0, 0.1) is 11.8 Å². The minimum atomic E-state index is -0.889. The van der Waals surface area contributed by atoms with Gasteiger partial charge >= 0.3 is 34.1 Å². The van der Waals surface area contributed by atoms with E-state index in [0.29, 0.717) is 11.1 Å². The maximum atomic E-state index is 11.8. The molecule has 4 rings (SSSR count). The third-order valence-corrected chi connectivity index (χ3v) is 4.30. The SMILES string of the molecule is O=c1[nH]c(=O)n(-c2ccc(C#Cc3ccc(-n4c(=O)[nH]c(=O)[nH]c4=O)cc3)cc2)c(=O)[nH]1. The molecule has 0 amide bonds. The van der Waals surface area contributed by atoms with Crippen molar-refractivity contribution in [1.82, 2.24) is 29.1 Å². The highest BCUT2D eigenvalue weighted by molar-refractivity contribution is 5.47. The predicted octanol–water partition coefficient (Wildman–Crippen LogP) is -1.86. The fourth-order valence-electron chi connectivity index (χ4n) is 2.86. The largest absolute Gasteiger partial charge is 0.338 e. The minimum Gasteiger partial charge on any atom is -0.258 e. The number of rotatable bonds is 2. The molecule has 2 heterocycles. The third-order valence-electron chi connectivity index (χ3n) is 4.30. The Kier molecular flexibility index (Phi) is 4.98. The van der Waals surface area contributed by atoms with Gasteiger partial charge in [-0.15, -0.1) is 0 Å². The number of aromatic amines is 4. The van der Waals surface area contributed by atoms with Crippen molar-refractivity contribution in [2.24, 2.45) is 0 Å². The van der Waals surface area contributed by atoms with Crippen LogP contribution in [-0.2, 0) is 0 Å². The molecule has 2 aromatic heterocycles. The zero-order valence-electron chi connectivity index (χ0n) is 16.0. The monoisotopic (exact) mass is 432 g/mol. The van der Waals surface area contributed by atoms with E-state index < -0.39 is 34.1 Å². The van der Waals surface area contributed by atoms with Gasteiger partial charge in [-0.25, -0.2) is 37.9 Å². The first-order valence-electron chi connectivity index (χ1n) is 8.96. The molecule has 32 heavy (non-hydrogen) atoms. The summed E-state index contributed by atoms with van der Waals surface area (Å²) in [5.41, 5.74) is -3.56. The predicted molar refractivity (Wildman–Crippen MR) is 113 cm³/mol. The van der Waals surface area contributed by atoms with Crippen LogP contribution in [0.4, 0.5) is 0 Å². The van der Waals surface area contributed by atoms with Crippen molar-refractivity contribution in [2.45, 2.75) is 0 Å². The van der Waals surface area contributed by atoms with Gasteiger partial charge in [0.1, 0.15) is 0 Å². The maximum absolute atomic E-state index is 11.8. The van der Waals surface area contributed by atoms with Gasteiger partial charge in [-0.1, -0.05) is 11.8 Å². The summed E-state index contributed by atoms with van der Waals surface area (Å²) in [6.45, 7) is 0. The van der Waals surface area contributed by atoms with Gasteiger partial charge in [0.05, 0.1) is 11.4 Å². The summed E-state index contributed by atoms with van der Waals surface area (Å²) in [7, 11) is 0. The van der Waals surface area contributed by atoms with Crippen LogP contribution in [0.2, 0.25) is 0 Å². The third kappa shape index (κ3) is 3.94. The Labute approximate surface area is 175 Å². The molecule has 0 saturated heterocycles. The van der Waals surface area contributed by atoms with E-state index in [0.717, 1.165) is 9.13 Å². The molecule has 0 spiro atoms. The molecule has 0 bridgehead atoms. The summed E-state index contributed by atoms with van der Waals surface area (Å²) in [6, 6.07) is 12.3. The number of H-pyrrole nitrogens is 4. The van der Waals surface area contributed by atoms with Crippen molar-refractivity contribution >= 4 is 0 Å². The number of benzene rings is 2. The Bertz CT molecular complexity index is 1540. The first-order valence-corrected chi connectivity index (χ1v) is 8.96. The standard InChI is InChI=1S/C20H12N6O6/c27-15-21-17(29)25(18(30)22-15)13-7-3-11(4-8-13)1-2-12-5-9-14(10-6-12)26-19(31)23-16(28)24-20(26)32/h3-10H,(H2,21,22,27,29,30)(H2,23,24,28,31,32). The highest BCUT2D eigenvalue weighted by Crippen LogP contribution is 2.07. The van der Waals surface area contributed by atoms with Crippen LogP contribution in [-0.4, -0.2) is 29.1 Å². The number of aromatic nitrogens is 6. The van der Waals surface area contributed by atoms with E-state index in [2.05, 4.69) is 11.8 Å². The van der Waals surface area contributed by atoms with Crippen molar-refractivity contribution in [3.63, 3.8) is 0 Å². The lowest BCUT2D eigenvalue weighted by molar-refractivity contribution is 0.784. The number of nitrogens with one attached hydrogen (secondary N) is 4. The molecule has 0 aliphatic carbocycles. The molecule has 4 N–H and O–H groups in total. The molecule has 0 atom stereocenters. The molecule has 0 radical (unpaired) electrons. The molecule has 12 nitrogen and oxygen atoms in total. The minimum absolute atomic E-state index is 0.249. The Balaban J connectivity index is 1.60. The van der Waals surface area contributed by atoms with E-state index in [-0.39, 0.29) is 11.4 Å². The maximum Gasteiger partial charge on any atom is 0.338 e. The topological polar surface area (TPSA) is 175 Å². The zero-order valence-corrected chi connectivity index (χ0v) is 16.0. The van der Waals surface area contributed by atoms with Crippen LogP contribution in [0.3, 0.4) is 0 Å². The lowest BCUT2D eigenvalue weighted by atomic mass is 10.1. The second-order valence-corrected chi connectivity index (χ2v) is 6.39. The quantitative estimate of drug-likeness (QED) is 0.270. The van der Waals surface area contributed by atoms with Gasteiger partial charge in [-0.05, 0) is 48.5 Å². The van der Waals surface area contributed by atoms with E-state index in [1.807, 2.05) is 19.9 Å². The smallest absolute Gasteiger partial charge is 0.258 e. The molecule has 4 aromatic rings. The second kappa shape index (κ2) is 7.92. The first-order chi connectivity index (χ1) is 15.3. The molecule has 0 saturated carbocycles. The highest BCUT2D eigenvalue weighted by atomic mass is 16.2. The van der Waals surface area contributed by atoms with Crippen LogP contribution >= 0.6 is 0 Å². The average molecular weight is 432 g/mol. The summed E-state index contributed by atoms with van der Waals surface area (Å²) < 4.78 is 1.55. The molecule has 12 heteroatoms. The molecule has 2 aromatic carbocycles. The van der Waals surface area contributed by atoms with Crippen LogP contribution in [0.5, 0.6) is 0 Å². The Morgan fingerprint density at radius 3 is 1.03 bits per heavy atom. The fourth-order valence-corrected chi connectivity index (χ4v) is 2.86. The summed E-state index contributed by atoms with van der Waals surface area (Å²) in [5.74, 6) is 5.80. The van der Waals surface area contributed by atoms with Crippen molar-refractivity contribution in [3.05, 3.63) is 123 Å². The fraction of sp³-hybridized carbons (Fsp3) is 0. The molecular formula is C20H12N6O6. The van der Waals surface area contributed by atoms with Crippen molar-refractivity contribution < 1.29 is 0 Å². The second-order valence-electron chi connectivity index (χ2n) is 6.39. The Hall–Kier alpha value is -5.18. The van der Waals surface area contributed by atoms with Crippen molar-refractivity contribution in [3.8, 4) is 23.2 Å². The summed E-state index contributed by atoms with van der Waals surface area (Å²) in [4.78, 5) is 77.5. The van der Waals surface area contributed by atoms with Crippen LogP contribution < -0.4 is 34.1 Å². The van der Waals surface area contributed by atoms with Gasteiger partial charge in [0, 0.05) is 11.1 Å². The number of hydrogen-bond donors (Lipinski definition) is 4. The van der Waals surface area contributed by atoms with Gasteiger partial charge in [0.2, 0.25) is 0 Å². The van der Waals surface area contributed by atoms with Crippen LogP contribution in [0.1, 0.15) is 11.1 Å². The zero-order chi connectivity index (χ0) is 22.8. The summed E-state index contributed by atoms with van der Waals surface area (Å²) in [6.07, 6.45) is 0. The lowest BCUT2D eigenvalue weighted by Gasteiger charge is -2.03. The molecule has 0 aliphatic rings. The number of hydrogen-bond acceptors (Lipinski definition) is 6. The van der Waals surface area contributed by atoms with E-state index in [4.69, 9.17) is 0 Å². The van der Waals surface area contributed by atoms with Gasteiger partial charge < -0.3 is 0 Å². The normalized spacial score (nSPS) is 10.4. The van der Waals surface area contributed by atoms with E-state index in [1.165, 1.54) is 24.3 Å². The van der Waals surface area contributed by atoms with Crippen molar-refractivity contribution in [2.75, 3.05) is 0 Å². The Morgan fingerprint density at radius 1 is 0.469 bits per heavy atom. The Morgan fingerprint density at radius 2 is 0.750 bits per heavy atom. The van der Waals surface area contributed by atoms with E-state index in [1.54, 1.807) is 24.3 Å². The van der Waals surface area contributed by atoms with Crippen molar-refractivity contribution in [1.29, 1.82) is 0 Å². The average Bonchev–Trinajstić information content (AvgIpc) is 2.73. The summed E-state index contributed by atoms with van der Waals surface area (Å²) in [5, 5.41) is 0. The van der Waals surface area contributed by atoms with Gasteiger partial charge in [0.15, 0.2) is 0 Å². The molecule has 0 aliphatic heterocycles. The van der Waals surface area contributed by atoms with Gasteiger partial charge in [-0.2, -0.15) is 0 Å². The molecule has 0 fully saturated rings. The molecular weight excluding hydrogens is 420 g/mol.